The molecule has 0 aromatic heterocycles. The molecule has 2 aromatic carbocycles. The summed E-state index contributed by atoms with van der Waals surface area (Å²) >= 11 is 17.7. The zero-order chi connectivity index (χ0) is 18.2. The van der Waals surface area contributed by atoms with Crippen molar-refractivity contribution >= 4 is 65.7 Å². The van der Waals surface area contributed by atoms with E-state index in [0.29, 0.717) is 11.1 Å². The van der Waals surface area contributed by atoms with E-state index < -0.39 is 3.79 Å². The number of alkyl halides is 3. The summed E-state index contributed by atoms with van der Waals surface area (Å²) in [5, 5.41) is 0. The van der Waals surface area contributed by atoms with Crippen molar-refractivity contribution in [2.75, 3.05) is 11.4 Å². The van der Waals surface area contributed by atoms with Crippen molar-refractivity contribution in [1.29, 1.82) is 0 Å². The number of halogens is 3. The third-order valence-corrected chi connectivity index (χ3v) is 6.94. The summed E-state index contributed by atoms with van der Waals surface area (Å²) in [5.74, 6) is -0.0317. The second-order valence-corrected chi connectivity index (χ2v) is 10.2. The monoisotopic (exact) mass is 459 g/mol. The number of ketones is 1. The number of anilines is 1. The third kappa shape index (κ3) is 4.07. The molecule has 25 heavy (non-hydrogen) atoms. The van der Waals surface area contributed by atoms with Gasteiger partial charge in [0.1, 0.15) is 0 Å². The summed E-state index contributed by atoms with van der Waals surface area (Å²) < 4.78 is 0.907. The Hall–Kier alpha value is -0.961. The van der Waals surface area contributed by atoms with E-state index in [1.165, 1.54) is 15.7 Å². The van der Waals surface area contributed by atoms with Gasteiger partial charge in [-0.3, -0.25) is 0 Å². The van der Waals surface area contributed by atoms with E-state index in [9.17, 15) is 4.79 Å². The Bertz CT molecular complexity index is 841. The topological polar surface area (TPSA) is 20.3 Å². The van der Waals surface area contributed by atoms with Crippen LogP contribution >= 0.6 is 34.8 Å². The van der Waals surface area contributed by atoms with E-state index in [1.807, 2.05) is 0 Å². The van der Waals surface area contributed by atoms with Crippen LogP contribution in [0.3, 0.4) is 0 Å². The molecule has 6 heteroatoms. The standard InChI is InChI=1S/C19H16Cl3NOSe/c1-3-23-15-10-12(2)4-9-17(15)25-18(23)11-16(24)13-5-7-14(8-6-13)19(20,21)22/h4-11H,3H2,1-2H3. The van der Waals surface area contributed by atoms with Gasteiger partial charge >= 0.3 is 169 Å². The zero-order valence-corrected chi connectivity index (χ0v) is 17.7. The maximum absolute atomic E-state index is 12.6. The van der Waals surface area contributed by atoms with Gasteiger partial charge in [0.05, 0.1) is 0 Å². The maximum atomic E-state index is 12.6. The van der Waals surface area contributed by atoms with Gasteiger partial charge < -0.3 is 0 Å². The van der Waals surface area contributed by atoms with E-state index in [-0.39, 0.29) is 20.7 Å². The number of allylic oxidation sites excluding steroid dienone is 1. The summed E-state index contributed by atoms with van der Waals surface area (Å²) in [7, 11) is 0. The van der Waals surface area contributed by atoms with Crippen LogP contribution in [0.1, 0.15) is 28.4 Å². The Balaban J connectivity index is 1.87. The molecule has 130 valence electrons. The van der Waals surface area contributed by atoms with Gasteiger partial charge in [-0.25, -0.2) is 0 Å². The molecule has 2 aromatic rings. The molecule has 0 spiro atoms. The molecule has 3 rings (SSSR count). The number of aryl methyl sites for hydroxylation is 1. The van der Waals surface area contributed by atoms with E-state index in [2.05, 4.69) is 36.9 Å². The molecule has 0 N–H and O–H groups in total. The summed E-state index contributed by atoms with van der Waals surface area (Å²) in [6.45, 7) is 5.02. The second-order valence-electron chi connectivity index (χ2n) is 5.74. The van der Waals surface area contributed by atoms with Crippen LogP contribution in [0, 0.1) is 6.92 Å². The van der Waals surface area contributed by atoms with Gasteiger partial charge in [-0.15, -0.1) is 0 Å². The minimum absolute atomic E-state index is 0.0317. The Morgan fingerprint density at radius 2 is 1.84 bits per heavy atom. The fourth-order valence-electron chi connectivity index (χ4n) is 2.66. The summed E-state index contributed by atoms with van der Waals surface area (Å²) in [6.07, 6.45) is 1.74. The van der Waals surface area contributed by atoms with Gasteiger partial charge in [0, 0.05) is 0 Å². The van der Waals surface area contributed by atoms with E-state index in [1.54, 1.807) is 30.3 Å². The van der Waals surface area contributed by atoms with Gasteiger partial charge in [0.25, 0.3) is 0 Å². The number of hydrogen-bond acceptors (Lipinski definition) is 2. The molecular weight excluding hydrogens is 444 g/mol. The van der Waals surface area contributed by atoms with Crippen LogP contribution in [0.4, 0.5) is 5.69 Å². The van der Waals surface area contributed by atoms with Crippen LogP contribution in [-0.4, -0.2) is 27.3 Å². The number of carbonyl (C=O) groups is 1. The second kappa shape index (κ2) is 7.34. The average molecular weight is 460 g/mol. The van der Waals surface area contributed by atoms with E-state index in [4.69, 9.17) is 34.8 Å². The van der Waals surface area contributed by atoms with Crippen molar-refractivity contribution in [3.05, 3.63) is 69.8 Å². The quantitative estimate of drug-likeness (QED) is 0.287. The molecule has 0 bridgehead atoms. The van der Waals surface area contributed by atoms with Crippen molar-refractivity contribution in [3.8, 4) is 0 Å². The molecule has 0 radical (unpaired) electrons. The van der Waals surface area contributed by atoms with Crippen molar-refractivity contribution in [2.24, 2.45) is 0 Å². The van der Waals surface area contributed by atoms with Crippen LogP contribution in [0.25, 0.3) is 0 Å². The van der Waals surface area contributed by atoms with Gasteiger partial charge in [-0.2, -0.15) is 0 Å². The molecule has 0 fully saturated rings. The van der Waals surface area contributed by atoms with Crippen molar-refractivity contribution < 1.29 is 4.79 Å². The first-order valence-electron chi connectivity index (χ1n) is 7.79. The van der Waals surface area contributed by atoms with Crippen molar-refractivity contribution in [3.63, 3.8) is 0 Å². The van der Waals surface area contributed by atoms with Crippen molar-refractivity contribution in [2.45, 2.75) is 17.6 Å². The predicted octanol–water partition coefficient (Wildman–Crippen LogP) is 4.72. The summed E-state index contributed by atoms with van der Waals surface area (Å²) in [5.41, 5.74) is 3.57. The molecule has 1 heterocycles. The first kappa shape index (κ1) is 18.8. The number of nitrogens with zero attached hydrogens (tertiary/aromatic N) is 1. The Morgan fingerprint density at radius 1 is 1.16 bits per heavy atom. The first-order chi connectivity index (χ1) is 11.8. The number of benzene rings is 2. The molecule has 2 nitrogen and oxygen atoms in total. The number of carbonyl (C=O) groups excluding carboxylic acids is 1. The molecule has 1 aliphatic rings. The van der Waals surface area contributed by atoms with Crippen LogP contribution in [0.5, 0.6) is 0 Å². The number of fused-ring (bicyclic) bond motifs is 1. The van der Waals surface area contributed by atoms with Crippen LogP contribution < -0.4 is 9.36 Å². The third-order valence-electron chi connectivity index (χ3n) is 3.95. The van der Waals surface area contributed by atoms with Crippen molar-refractivity contribution in [1.82, 2.24) is 0 Å². The van der Waals surface area contributed by atoms with Gasteiger partial charge in [0.2, 0.25) is 0 Å². The number of rotatable bonds is 3. The molecule has 0 saturated heterocycles. The van der Waals surface area contributed by atoms with Gasteiger partial charge in [0.15, 0.2) is 0 Å². The molecule has 0 amide bonds. The Kier molecular flexibility index (Phi) is 5.53. The number of hydrogen-bond donors (Lipinski definition) is 0. The van der Waals surface area contributed by atoms with Gasteiger partial charge in [-0.05, 0) is 0 Å². The zero-order valence-electron chi connectivity index (χ0n) is 13.7. The van der Waals surface area contributed by atoms with Crippen LogP contribution in [-0.2, 0) is 3.79 Å². The van der Waals surface area contributed by atoms with Crippen LogP contribution in [0.2, 0.25) is 0 Å². The molecule has 1 aliphatic heterocycles. The average Bonchev–Trinajstić information content (AvgIpc) is 2.90. The summed E-state index contributed by atoms with van der Waals surface area (Å²) in [6, 6.07) is 13.2. The molecule has 0 atom stereocenters. The molecule has 0 unspecified atom stereocenters. The molecular formula is C19H16Cl3NOSe. The van der Waals surface area contributed by atoms with Gasteiger partial charge in [-0.1, -0.05) is 0 Å². The fraction of sp³-hybridized carbons (Fsp3) is 0.211. The fourth-order valence-corrected chi connectivity index (χ4v) is 5.43. The Morgan fingerprint density at radius 3 is 2.44 bits per heavy atom. The Labute approximate surface area is 168 Å². The van der Waals surface area contributed by atoms with Crippen LogP contribution in [0.15, 0.2) is 53.1 Å². The SMILES string of the molecule is CCN1C(=CC(=O)c2ccc(C(Cl)(Cl)Cl)cc2)[Se]c2ccc(C)cc21. The van der Waals surface area contributed by atoms with E-state index >= 15 is 0 Å². The van der Waals surface area contributed by atoms with E-state index in [0.717, 1.165) is 11.1 Å². The summed E-state index contributed by atoms with van der Waals surface area (Å²) in [4.78, 5) is 14.9. The minimum atomic E-state index is -1.48. The normalized spacial score (nSPS) is 15.6. The first-order valence-corrected chi connectivity index (χ1v) is 10.6. The molecule has 0 saturated carbocycles. The predicted molar refractivity (Wildman–Crippen MR) is 108 cm³/mol. The molecule has 0 aliphatic carbocycles.